The Hall–Kier alpha value is -0.710. The number of thioether (sulfide) groups is 1. The van der Waals surface area contributed by atoms with Crippen molar-refractivity contribution in [2.45, 2.75) is 13.3 Å². The number of carbonyl (C=O) groups excluding carboxylic acids is 2. The summed E-state index contributed by atoms with van der Waals surface area (Å²) in [5.74, 6) is -0.474. The molecule has 5 heteroatoms. The number of hydrogen-bond acceptors (Lipinski definition) is 4. The summed E-state index contributed by atoms with van der Waals surface area (Å²) in [5.41, 5.74) is 0. The number of amides is 1. The Morgan fingerprint density at radius 1 is 1.46 bits per heavy atom. The normalized spacial score (nSPS) is 9.38. The minimum absolute atomic E-state index is 0.233. The zero-order chi connectivity index (χ0) is 10.1. The molecule has 0 aromatic heterocycles. The molecule has 13 heavy (non-hydrogen) atoms. The van der Waals surface area contributed by atoms with Gasteiger partial charge in [0.1, 0.15) is 0 Å². The molecule has 0 saturated carbocycles. The summed E-state index contributed by atoms with van der Waals surface area (Å²) in [6, 6.07) is 0. The first-order valence-corrected chi connectivity index (χ1v) is 5.55. The molecule has 0 bridgehead atoms. The number of hydrogen-bond donors (Lipinski definition) is 1. The van der Waals surface area contributed by atoms with Crippen molar-refractivity contribution in [2.24, 2.45) is 0 Å². The fourth-order valence-corrected chi connectivity index (χ4v) is 1.12. The van der Waals surface area contributed by atoms with E-state index in [1.54, 1.807) is 18.7 Å². The lowest BCUT2D eigenvalue weighted by atomic mass is 10.4. The van der Waals surface area contributed by atoms with E-state index in [4.69, 9.17) is 0 Å². The molecule has 0 aliphatic carbocycles. The third kappa shape index (κ3) is 6.45. The Bertz CT molecular complexity index is 173. The van der Waals surface area contributed by atoms with Crippen molar-refractivity contribution in [3.05, 3.63) is 0 Å². The molecule has 0 aliphatic rings. The van der Waals surface area contributed by atoms with Crippen molar-refractivity contribution in [1.29, 1.82) is 0 Å². The summed E-state index contributed by atoms with van der Waals surface area (Å²) in [6.45, 7) is 2.43. The molecule has 0 heterocycles. The summed E-state index contributed by atoms with van der Waals surface area (Å²) in [6.07, 6.45) is 2.86. The maximum absolute atomic E-state index is 10.9. The molecule has 0 aromatic rings. The Labute approximate surface area is 82.4 Å². The van der Waals surface area contributed by atoms with Crippen LogP contribution < -0.4 is 5.32 Å². The Morgan fingerprint density at radius 3 is 2.69 bits per heavy atom. The van der Waals surface area contributed by atoms with Gasteiger partial charge in [-0.1, -0.05) is 0 Å². The van der Waals surface area contributed by atoms with Crippen molar-refractivity contribution < 1.29 is 14.3 Å². The van der Waals surface area contributed by atoms with Gasteiger partial charge in [0.2, 0.25) is 0 Å². The summed E-state index contributed by atoms with van der Waals surface area (Å²) >= 11 is 1.70. The third-order valence-electron chi connectivity index (χ3n) is 1.27. The highest BCUT2D eigenvalue weighted by atomic mass is 32.2. The molecule has 0 fully saturated rings. The van der Waals surface area contributed by atoms with E-state index in [-0.39, 0.29) is 6.61 Å². The first-order valence-electron chi connectivity index (χ1n) is 4.16. The fraction of sp³-hybridized carbons (Fsp3) is 0.750. The minimum Gasteiger partial charge on any atom is -0.459 e. The molecule has 0 radical (unpaired) electrons. The molecule has 0 rings (SSSR count). The van der Waals surface area contributed by atoms with E-state index in [9.17, 15) is 9.59 Å². The molecule has 1 amide bonds. The van der Waals surface area contributed by atoms with Crippen molar-refractivity contribution in [2.75, 3.05) is 25.2 Å². The predicted octanol–water partition coefficient (Wildman–Crippen LogP) is 0.419. The average Bonchev–Trinajstić information content (AvgIpc) is 2.12. The van der Waals surface area contributed by atoms with Crippen LogP contribution in [0.1, 0.15) is 13.3 Å². The zero-order valence-electron chi connectivity index (χ0n) is 7.96. The molecular weight excluding hydrogens is 190 g/mol. The first-order chi connectivity index (χ1) is 6.22. The van der Waals surface area contributed by atoms with Crippen molar-refractivity contribution in [3.8, 4) is 0 Å². The van der Waals surface area contributed by atoms with Gasteiger partial charge in [-0.25, -0.2) is 4.79 Å². The number of esters is 1. The lowest BCUT2D eigenvalue weighted by Gasteiger charge is -2.03. The predicted molar refractivity (Wildman–Crippen MR) is 52.6 cm³/mol. The van der Waals surface area contributed by atoms with Crippen LogP contribution in [-0.4, -0.2) is 37.0 Å². The number of nitrogens with one attached hydrogen (secondary N) is 1. The maximum atomic E-state index is 10.9. The van der Waals surface area contributed by atoms with Gasteiger partial charge in [0.25, 0.3) is 0 Å². The monoisotopic (exact) mass is 205 g/mol. The molecule has 0 saturated heterocycles. The second kappa shape index (κ2) is 7.91. The smallest absolute Gasteiger partial charge is 0.396 e. The van der Waals surface area contributed by atoms with Crippen LogP contribution in [0.2, 0.25) is 0 Å². The Kier molecular flexibility index (Phi) is 7.48. The fourth-order valence-electron chi connectivity index (χ4n) is 0.687. The topological polar surface area (TPSA) is 55.4 Å². The second-order valence-corrected chi connectivity index (χ2v) is 3.31. The van der Waals surface area contributed by atoms with Crippen molar-refractivity contribution in [3.63, 3.8) is 0 Å². The quantitative estimate of drug-likeness (QED) is 0.401. The van der Waals surface area contributed by atoms with Crippen LogP contribution in [0.3, 0.4) is 0 Å². The third-order valence-corrected chi connectivity index (χ3v) is 1.97. The lowest BCUT2D eigenvalue weighted by molar-refractivity contribution is -0.154. The summed E-state index contributed by atoms with van der Waals surface area (Å²) in [7, 11) is 0. The van der Waals surface area contributed by atoms with Crippen LogP contribution >= 0.6 is 11.8 Å². The molecule has 0 atom stereocenters. The summed E-state index contributed by atoms with van der Waals surface area (Å²) < 4.78 is 4.50. The van der Waals surface area contributed by atoms with E-state index >= 15 is 0 Å². The number of rotatable bonds is 5. The van der Waals surface area contributed by atoms with Gasteiger partial charge in [0.15, 0.2) is 0 Å². The van der Waals surface area contributed by atoms with E-state index < -0.39 is 11.9 Å². The van der Waals surface area contributed by atoms with Crippen LogP contribution in [0.5, 0.6) is 0 Å². The standard InChI is InChI=1S/C8H15NO3S/c1-3-12-8(11)7(10)9-5-4-6-13-2/h3-6H2,1-2H3,(H,9,10). The van der Waals surface area contributed by atoms with Crippen LogP contribution in [0.25, 0.3) is 0 Å². The first kappa shape index (κ1) is 12.3. The average molecular weight is 205 g/mol. The van der Waals surface area contributed by atoms with Gasteiger partial charge in [-0.3, -0.25) is 4.79 Å². The number of carbonyl (C=O) groups is 2. The molecule has 0 spiro atoms. The van der Waals surface area contributed by atoms with Crippen molar-refractivity contribution in [1.82, 2.24) is 5.32 Å². The van der Waals surface area contributed by atoms with Gasteiger partial charge in [-0.15, -0.1) is 0 Å². The highest BCUT2D eigenvalue weighted by Gasteiger charge is 2.12. The highest BCUT2D eigenvalue weighted by molar-refractivity contribution is 7.98. The molecule has 1 N–H and O–H groups in total. The van der Waals surface area contributed by atoms with E-state index in [0.717, 1.165) is 12.2 Å². The SMILES string of the molecule is CCOC(=O)C(=O)NCCCSC. The van der Waals surface area contributed by atoms with Crippen LogP contribution in [0.15, 0.2) is 0 Å². The van der Waals surface area contributed by atoms with E-state index in [2.05, 4.69) is 10.1 Å². The van der Waals surface area contributed by atoms with Crippen LogP contribution in [-0.2, 0) is 14.3 Å². The van der Waals surface area contributed by atoms with Gasteiger partial charge >= 0.3 is 11.9 Å². The Morgan fingerprint density at radius 2 is 2.15 bits per heavy atom. The van der Waals surface area contributed by atoms with Gasteiger partial charge in [-0.05, 0) is 25.4 Å². The molecule has 76 valence electrons. The summed E-state index contributed by atoms with van der Waals surface area (Å²) in [5, 5.41) is 2.48. The second-order valence-electron chi connectivity index (χ2n) is 2.32. The van der Waals surface area contributed by atoms with Gasteiger partial charge in [0.05, 0.1) is 6.61 Å². The van der Waals surface area contributed by atoms with Gasteiger partial charge < -0.3 is 10.1 Å². The largest absolute Gasteiger partial charge is 0.459 e. The van der Waals surface area contributed by atoms with E-state index in [1.165, 1.54) is 0 Å². The van der Waals surface area contributed by atoms with Gasteiger partial charge in [0, 0.05) is 6.54 Å². The number of ether oxygens (including phenoxy) is 1. The zero-order valence-corrected chi connectivity index (χ0v) is 8.78. The maximum Gasteiger partial charge on any atom is 0.396 e. The molecule has 0 unspecified atom stereocenters. The highest BCUT2D eigenvalue weighted by Crippen LogP contribution is 1.93. The molecule has 4 nitrogen and oxygen atoms in total. The van der Waals surface area contributed by atoms with Crippen molar-refractivity contribution >= 4 is 23.6 Å². The minimum atomic E-state index is -0.799. The van der Waals surface area contributed by atoms with E-state index in [0.29, 0.717) is 6.54 Å². The Balaban J connectivity index is 3.44. The molecular formula is C8H15NO3S. The van der Waals surface area contributed by atoms with Crippen LogP contribution in [0, 0.1) is 0 Å². The molecule has 0 aromatic carbocycles. The lowest BCUT2D eigenvalue weighted by Crippen LogP contribution is -2.33. The summed E-state index contributed by atoms with van der Waals surface area (Å²) in [4.78, 5) is 21.7. The van der Waals surface area contributed by atoms with Gasteiger partial charge in [-0.2, -0.15) is 11.8 Å². The van der Waals surface area contributed by atoms with Crippen LogP contribution in [0.4, 0.5) is 0 Å². The van der Waals surface area contributed by atoms with E-state index in [1.807, 2.05) is 6.26 Å². The molecule has 0 aliphatic heterocycles.